The first kappa shape index (κ1) is 18.5. The summed E-state index contributed by atoms with van der Waals surface area (Å²) < 4.78 is 0. The molecule has 7 heteroatoms. The Morgan fingerprint density at radius 1 is 1.12 bits per heavy atom. The fourth-order valence-corrected chi connectivity index (χ4v) is 3.30. The summed E-state index contributed by atoms with van der Waals surface area (Å²) >= 11 is 1.76. The molecule has 0 saturated carbocycles. The maximum absolute atomic E-state index is 4.84. The van der Waals surface area contributed by atoms with Crippen LogP contribution >= 0.6 is 11.8 Å². The number of thioether (sulfide) groups is 1. The van der Waals surface area contributed by atoms with Gasteiger partial charge in [-0.25, -0.2) is 15.0 Å². The van der Waals surface area contributed by atoms with Gasteiger partial charge < -0.3 is 15.1 Å². The third-order valence-corrected chi connectivity index (χ3v) is 5.06. The number of anilines is 1. The van der Waals surface area contributed by atoms with Gasteiger partial charge in [0.05, 0.1) is 6.54 Å². The number of nitrogens with zero attached hydrogens (tertiary/aromatic N) is 5. The van der Waals surface area contributed by atoms with E-state index in [2.05, 4.69) is 62.5 Å². The standard InChI is InChI=1S/C19H26N6S/c1-3-20-18(23-15-16-5-7-17(26-2)8-6-16)24-11-13-25(14-12-24)19-21-9-4-10-22-19/h4-10H,3,11-15H2,1-2H3,(H,20,23). The zero-order valence-corrected chi connectivity index (χ0v) is 16.2. The molecule has 0 amide bonds. The van der Waals surface area contributed by atoms with E-state index in [1.807, 2.05) is 6.07 Å². The molecule has 1 fully saturated rings. The zero-order chi connectivity index (χ0) is 18.2. The van der Waals surface area contributed by atoms with Crippen LogP contribution in [0, 0.1) is 0 Å². The molecule has 1 N–H and O–H groups in total. The monoisotopic (exact) mass is 370 g/mol. The largest absolute Gasteiger partial charge is 0.357 e. The molecule has 0 atom stereocenters. The summed E-state index contributed by atoms with van der Waals surface area (Å²) in [4.78, 5) is 19.4. The molecule has 1 aliphatic heterocycles. The highest BCUT2D eigenvalue weighted by Gasteiger charge is 2.20. The predicted molar refractivity (Wildman–Crippen MR) is 109 cm³/mol. The van der Waals surface area contributed by atoms with Crippen LogP contribution in [0.1, 0.15) is 12.5 Å². The van der Waals surface area contributed by atoms with Crippen molar-refractivity contribution >= 4 is 23.7 Å². The summed E-state index contributed by atoms with van der Waals surface area (Å²) in [5, 5.41) is 3.42. The fourth-order valence-electron chi connectivity index (χ4n) is 2.90. The van der Waals surface area contributed by atoms with Crippen LogP contribution in [-0.4, -0.2) is 59.8 Å². The van der Waals surface area contributed by atoms with Gasteiger partial charge in [-0.2, -0.15) is 0 Å². The quantitative estimate of drug-likeness (QED) is 0.496. The molecule has 1 aromatic carbocycles. The number of nitrogens with one attached hydrogen (secondary N) is 1. The van der Waals surface area contributed by atoms with Crippen LogP contribution < -0.4 is 10.2 Å². The minimum absolute atomic E-state index is 0.693. The normalized spacial score (nSPS) is 15.2. The van der Waals surface area contributed by atoms with Crippen LogP contribution in [0.4, 0.5) is 5.95 Å². The SMILES string of the molecule is CCNC(=NCc1ccc(SC)cc1)N1CCN(c2ncccn2)CC1. The second-order valence-corrected chi connectivity index (χ2v) is 6.92. The van der Waals surface area contributed by atoms with E-state index in [0.717, 1.165) is 44.6 Å². The van der Waals surface area contributed by atoms with E-state index in [9.17, 15) is 0 Å². The van der Waals surface area contributed by atoms with Crippen molar-refractivity contribution in [1.82, 2.24) is 20.2 Å². The second kappa shape index (κ2) is 9.43. The van der Waals surface area contributed by atoms with Gasteiger partial charge in [-0.05, 0) is 36.9 Å². The van der Waals surface area contributed by atoms with Crippen molar-refractivity contribution in [2.24, 2.45) is 4.99 Å². The minimum Gasteiger partial charge on any atom is -0.357 e. The fraction of sp³-hybridized carbons (Fsp3) is 0.421. The lowest BCUT2D eigenvalue weighted by Crippen LogP contribution is -2.52. The van der Waals surface area contributed by atoms with E-state index in [-0.39, 0.29) is 0 Å². The Morgan fingerprint density at radius 2 is 1.81 bits per heavy atom. The van der Waals surface area contributed by atoms with Gasteiger partial charge in [0.25, 0.3) is 0 Å². The van der Waals surface area contributed by atoms with Crippen LogP contribution in [0.5, 0.6) is 0 Å². The highest BCUT2D eigenvalue weighted by atomic mass is 32.2. The maximum atomic E-state index is 4.84. The molecule has 0 spiro atoms. The van der Waals surface area contributed by atoms with E-state index in [1.54, 1.807) is 24.2 Å². The van der Waals surface area contributed by atoms with Crippen molar-refractivity contribution in [1.29, 1.82) is 0 Å². The van der Waals surface area contributed by atoms with Crippen LogP contribution in [0.3, 0.4) is 0 Å². The van der Waals surface area contributed by atoms with Gasteiger partial charge in [0.2, 0.25) is 5.95 Å². The summed E-state index contributed by atoms with van der Waals surface area (Å²) in [6.07, 6.45) is 5.68. The summed E-state index contributed by atoms with van der Waals surface area (Å²) in [6, 6.07) is 10.5. The van der Waals surface area contributed by atoms with Crippen LogP contribution in [0.15, 0.2) is 52.6 Å². The summed E-state index contributed by atoms with van der Waals surface area (Å²) in [5.41, 5.74) is 1.23. The number of hydrogen-bond acceptors (Lipinski definition) is 5. The van der Waals surface area contributed by atoms with Crippen molar-refractivity contribution in [2.75, 3.05) is 43.9 Å². The molecular weight excluding hydrogens is 344 g/mol. The van der Waals surface area contributed by atoms with Crippen molar-refractivity contribution in [3.05, 3.63) is 48.3 Å². The molecule has 3 rings (SSSR count). The molecule has 2 heterocycles. The first-order valence-corrected chi connectivity index (χ1v) is 10.2. The van der Waals surface area contributed by atoms with Gasteiger partial charge in [0.15, 0.2) is 5.96 Å². The molecule has 1 saturated heterocycles. The third-order valence-electron chi connectivity index (χ3n) is 4.32. The molecule has 2 aromatic rings. The first-order chi connectivity index (χ1) is 12.8. The molecule has 6 nitrogen and oxygen atoms in total. The Kier molecular flexibility index (Phi) is 6.71. The minimum atomic E-state index is 0.693. The highest BCUT2D eigenvalue weighted by Crippen LogP contribution is 2.15. The summed E-state index contributed by atoms with van der Waals surface area (Å²) in [6.45, 7) is 7.29. The number of aliphatic imine (C=N–C) groups is 1. The number of piperazine rings is 1. The number of guanidine groups is 1. The van der Waals surface area contributed by atoms with Crippen molar-refractivity contribution < 1.29 is 0 Å². The van der Waals surface area contributed by atoms with Gasteiger partial charge in [0, 0.05) is 50.0 Å². The lowest BCUT2D eigenvalue weighted by atomic mass is 10.2. The topological polar surface area (TPSA) is 56.7 Å². The lowest BCUT2D eigenvalue weighted by molar-refractivity contribution is 0.370. The summed E-state index contributed by atoms with van der Waals surface area (Å²) in [7, 11) is 0. The van der Waals surface area contributed by atoms with E-state index in [0.29, 0.717) is 6.54 Å². The maximum Gasteiger partial charge on any atom is 0.225 e. The third kappa shape index (κ3) is 4.88. The Hall–Kier alpha value is -2.28. The molecule has 0 bridgehead atoms. The first-order valence-electron chi connectivity index (χ1n) is 8.98. The Morgan fingerprint density at radius 3 is 2.42 bits per heavy atom. The second-order valence-electron chi connectivity index (χ2n) is 6.04. The average Bonchev–Trinajstić information content (AvgIpc) is 2.72. The summed E-state index contributed by atoms with van der Waals surface area (Å²) in [5.74, 6) is 1.79. The smallest absolute Gasteiger partial charge is 0.225 e. The van der Waals surface area contributed by atoms with E-state index >= 15 is 0 Å². The predicted octanol–water partition coefficient (Wildman–Crippen LogP) is 2.49. The molecule has 1 aromatic heterocycles. The van der Waals surface area contributed by atoms with E-state index in [1.165, 1.54) is 10.5 Å². The van der Waals surface area contributed by atoms with Crippen molar-refractivity contribution in [2.45, 2.75) is 18.4 Å². The number of rotatable bonds is 5. The number of aromatic nitrogens is 2. The van der Waals surface area contributed by atoms with E-state index in [4.69, 9.17) is 4.99 Å². The molecule has 1 aliphatic rings. The van der Waals surface area contributed by atoms with Gasteiger partial charge in [-0.3, -0.25) is 0 Å². The molecule has 138 valence electrons. The molecule has 0 radical (unpaired) electrons. The van der Waals surface area contributed by atoms with Crippen LogP contribution in [0.25, 0.3) is 0 Å². The van der Waals surface area contributed by atoms with Gasteiger partial charge in [0.1, 0.15) is 0 Å². The van der Waals surface area contributed by atoms with E-state index < -0.39 is 0 Å². The zero-order valence-electron chi connectivity index (χ0n) is 15.4. The van der Waals surface area contributed by atoms with Crippen LogP contribution in [0.2, 0.25) is 0 Å². The Balaban J connectivity index is 1.60. The molecule has 26 heavy (non-hydrogen) atoms. The van der Waals surface area contributed by atoms with Gasteiger partial charge in [-0.1, -0.05) is 12.1 Å². The van der Waals surface area contributed by atoms with Gasteiger partial charge in [-0.15, -0.1) is 11.8 Å². The Bertz CT molecular complexity index is 696. The van der Waals surface area contributed by atoms with Crippen molar-refractivity contribution in [3.8, 4) is 0 Å². The molecular formula is C19H26N6S. The number of hydrogen-bond donors (Lipinski definition) is 1. The van der Waals surface area contributed by atoms with Gasteiger partial charge >= 0.3 is 0 Å². The Labute approximate surface area is 159 Å². The molecule has 0 aliphatic carbocycles. The van der Waals surface area contributed by atoms with Crippen molar-refractivity contribution in [3.63, 3.8) is 0 Å². The van der Waals surface area contributed by atoms with Crippen LogP contribution in [-0.2, 0) is 6.54 Å². The lowest BCUT2D eigenvalue weighted by Gasteiger charge is -2.36. The highest BCUT2D eigenvalue weighted by molar-refractivity contribution is 7.98. The average molecular weight is 371 g/mol. The number of benzene rings is 1. The molecule has 0 unspecified atom stereocenters.